The number of carbonyl (C=O) groups is 2. The van der Waals surface area contributed by atoms with E-state index in [1.54, 1.807) is 50.6 Å². The molecular formula is C23H27ClN3O5+. The van der Waals surface area contributed by atoms with Gasteiger partial charge in [-0.3, -0.25) is 14.1 Å². The van der Waals surface area contributed by atoms with Crippen molar-refractivity contribution in [2.24, 2.45) is 0 Å². The van der Waals surface area contributed by atoms with Gasteiger partial charge in [-0.05, 0) is 30.3 Å². The molecule has 32 heavy (non-hydrogen) atoms. The second kappa shape index (κ2) is 7.95. The maximum atomic E-state index is 14.0. The number of aliphatic hydroxyl groups is 1. The summed E-state index contributed by atoms with van der Waals surface area (Å²) in [7, 11) is 6.45. The summed E-state index contributed by atoms with van der Waals surface area (Å²) in [5.41, 5.74) is 0.398. The van der Waals surface area contributed by atoms with E-state index in [9.17, 15) is 14.7 Å². The van der Waals surface area contributed by atoms with Crippen LogP contribution >= 0.6 is 11.6 Å². The minimum atomic E-state index is -1.40. The minimum absolute atomic E-state index is 0.0737. The van der Waals surface area contributed by atoms with Crippen molar-refractivity contribution in [1.29, 1.82) is 0 Å². The first-order valence-electron chi connectivity index (χ1n) is 10.3. The number of hydrogen-bond acceptors (Lipinski definition) is 5. The summed E-state index contributed by atoms with van der Waals surface area (Å²) in [6, 6.07) is 9.76. The minimum Gasteiger partial charge on any atom is -0.497 e. The number of amides is 2. The molecule has 4 atom stereocenters. The Hall–Kier alpha value is -2.81. The van der Waals surface area contributed by atoms with E-state index < -0.39 is 17.7 Å². The number of aliphatic hydroxyl groups excluding tert-OH is 1. The molecule has 2 heterocycles. The highest BCUT2D eigenvalue weighted by Gasteiger charge is 2.68. The number of nitrogens with one attached hydrogen (secondary N) is 2. The molecule has 0 aliphatic carbocycles. The molecular weight excluding hydrogens is 434 g/mol. The Balaban J connectivity index is 2.11. The predicted octanol–water partition coefficient (Wildman–Crippen LogP) is 1.88. The molecule has 2 aliphatic heterocycles. The van der Waals surface area contributed by atoms with Crippen molar-refractivity contribution in [1.82, 2.24) is 5.32 Å². The molecule has 2 amide bonds. The average Bonchev–Trinajstić information content (AvgIpc) is 3.25. The van der Waals surface area contributed by atoms with Crippen molar-refractivity contribution < 1.29 is 28.7 Å². The monoisotopic (exact) mass is 460 g/mol. The van der Waals surface area contributed by atoms with Gasteiger partial charge in [-0.1, -0.05) is 11.6 Å². The second-order valence-electron chi connectivity index (χ2n) is 8.39. The highest BCUT2D eigenvalue weighted by atomic mass is 35.5. The lowest BCUT2D eigenvalue weighted by atomic mass is 9.78. The van der Waals surface area contributed by atoms with Crippen LogP contribution in [0.25, 0.3) is 0 Å². The number of anilines is 1. The number of likely N-dealkylation sites (N-methyl/N-ethyl adjacent to an activating group) is 2. The lowest BCUT2D eigenvalue weighted by Crippen LogP contribution is -2.68. The molecule has 2 unspecified atom stereocenters. The first-order valence-corrected chi connectivity index (χ1v) is 10.7. The molecule has 2 aromatic carbocycles. The molecule has 1 fully saturated rings. The van der Waals surface area contributed by atoms with Crippen LogP contribution in [-0.2, 0) is 15.1 Å². The first kappa shape index (κ1) is 22.4. The molecule has 2 aromatic rings. The smallest absolute Gasteiger partial charge is 0.295 e. The number of rotatable bonds is 5. The van der Waals surface area contributed by atoms with E-state index in [1.165, 1.54) is 7.11 Å². The molecule has 2 aliphatic rings. The van der Waals surface area contributed by atoms with Crippen molar-refractivity contribution in [3.8, 4) is 11.5 Å². The Bertz CT molecular complexity index is 1090. The zero-order valence-electron chi connectivity index (χ0n) is 18.4. The van der Waals surface area contributed by atoms with Crippen molar-refractivity contribution in [2.75, 3.05) is 40.2 Å². The average molecular weight is 461 g/mol. The van der Waals surface area contributed by atoms with Crippen LogP contribution in [0.1, 0.15) is 17.5 Å². The highest BCUT2D eigenvalue weighted by Crippen LogP contribution is 2.55. The van der Waals surface area contributed by atoms with Crippen LogP contribution in [0.5, 0.6) is 11.5 Å². The number of ether oxygens (including phenoxy) is 2. The van der Waals surface area contributed by atoms with E-state index in [2.05, 4.69) is 10.6 Å². The fourth-order valence-corrected chi connectivity index (χ4v) is 5.61. The van der Waals surface area contributed by atoms with Crippen LogP contribution in [0.4, 0.5) is 5.69 Å². The number of halogens is 1. The van der Waals surface area contributed by atoms with Crippen molar-refractivity contribution >= 4 is 29.1 Å². The Morgan fingerprint density at radius 3 is 2.62 bits per heavy atom. The number of fused-ring (bicyclic) bond motifs is 1. The van der Waals surface area contributed by atoms with Crippen molar-refractivity contribution in [3.63, 3.8) is 0 Å². The number of methoxy groups -OCH3 is 2. The summed E-state index contributed by atoms with van der Waals surface area (Å²) in [4.78, 5) is 27.0. The molecule has 0 spiro atoms. The van der Waals surface area contributed by atoms with E-state index in [1.807, 2.05) is 7.05 Å². The van der Waals surface area contributed by atoms with Gasteiger partial charge < -0.3 is 25.2 Å². The normalized spacial score (nSPS) is 28.8. The lowest BCUT2D eigenvalue weighted by molar-refractivity contribution is -0.953. The van der Waals surface area contributed by atoms with Crippen LogP contribution in [-0.4, -0.2) is 68.4 Å². The standard InChI is InChI=1S/C23H26ClN3O5/c1-25-21(29)19-10-14(28)12-27(19,2)23(16-7-6-15(31-3)11-20(16)32-4)17-9-13(24)5-8-18(17)26-22(23)30/h5-9,11,14,19,28H,10,12H2,1-4H3,(H-,25,26,29,30)/p+1/t14-,19+,23?,27?/m1/s1. The molecule has 170 valence electrons. The summed E-state index contributed by atoms with van der Waals surface area (Å²) in [5.74, 6) is 0.434. The Morgan fingerprint density at radius 1 is 1.22 bits per heavy atom. The largest absolute Gasteiger partial charge is 0.497 e. The van der Waals surface area contributed by atoms with Crippen LogP contribution < -0.4 is 20.1 Å². The molecule has 4 rings (SSSR count). The summed E-state index contributed by atoms with van der Waals surface area (Å²) < 4.78 is 11.0. The Labute approximate surface area is 191 Å². The van der Waals surface area contributed by atoms with E-state index in [4.69, 9.17) is 21.1 Å². The van der Waals surface area contributed by atoms with Gasteiger partial charge in [0.1, 0.15) is 24.1 Å². The van der Waals surface area contributed by atoms with Crippen molar-refractivity contribution in [3.05, 3.63) is 52.5 Å². The maximum Gasteiger partial charge on any atom is 0.295 e. The Kier molecular flexibility index (Phi) is 5.56. The predicted molar refractivity (Wildman–Crippen MR) is 120 cm³/mol. The first-order chi connectivity index (χ1) is 15.2. The topological polar surface area (TPSA) is 96.9 Å². The summed E-state index contributed by atoms with van der Waals surface area (Å²) in [6.45, 7) is 0.187. The molecule has 9 heteroatoms. The second-order valence-corrected chi connectivity index (χ2v) is 8.83. The summed E-state index contributed by atoms with van der Waals surface area (Å²) in [5, 5.41) is 16.8. The van der Waals surface area contributed by atoms with Crippen LogP contribution in [0.2, 0.25) is 5.02 Å². The van der Waals surface area contributed by atoms with Gasteiger partial charge in [0.15, 0.2) is 6.04 Å². The van der Waals surface area contributed by atoms with Gasteiger partial charge in [-0.2, -0.15) is 0 Å². The number of quaternary nitrogens is 1. The summed E-state index contributed by atoms with van der Waals surface area (Å²) >= 11 is 6.39. The number of benzene rings is 2. The van der Waals surface area contributed by atoms with Gasteiger partial charge in [-0.25, -0.2) is 0 Å². The molecule has 3 N–H and O–H groups in total. The molecule has 0 bridgehead atoms. The number of nitrogens with zero attached hydrogens (tertiary/aromatic N) is 1. The maximum absolute atomic E-state index is 14.0. The number of hydrogen-bond donors (Lipinski definition) is 3. The van der Waals surface area contributed by atoms with Gasteiger partial charge in [0.05, 0.1) is 38.1 Å². The zero-order chi connectivity index (χ0) is 23.3. The number of likely N-dealkylation sites (tertiary alicyclic amines) is 1. The van der Waals surface area contributed by atoms with Crippen LogP contribution in [0, 0.1) is 0 Å². The molecule has 8 nitrogen and oxygen atoms in total. The Morgan fingerprint density at radius 2 is 1.97 bits per heavy atom. The van der Waals surface area contributed by atoms with Crippen molar-refractivity contribution in [2.45, 2.75) is 24.1 Å². The third-order valence-corrected chi connectivity index (χ3v) is 7.07. The van der Waals surface area contributed by atoms with Gasteiger partial charge in [0.25, 0.3) is 11.8 Å². The van der Waals surface area contributed by atoms with E-state index in [0.717, 1.165) is 0 Å². The molecule has 1 saturated heterocycles. The van der Waals surface area contributed by atoms with E-state index >= 15 is 0 Å². The zero-order valence-corrected chi connectivity index (χ0v) is 19.2. The molecule has 0 saturated carbocycles. The third kappa shape index (κ3) is 2.97. The van der Waals surface area contributed by atoms with Gasteiger partial charge in [0.2, 0.25) is 5.54 Å². The van der Waals surface area contributed by atoms with Crippen LogP contribution in [0.3, 0.4) is 0 Å². The van der Waals surface area contributed by atoms with Gasteiger partial charge >= 0.3 is 0 Å². The number of carbonyl (C=O) groups excluding carboxylic acids is 2. The highest BCUT2D eigenvalue weighted by molar-refractivity contribution is 6.31. The van der Waals surface area contributed by atoms with E-state index in [0.29, 0.717) is 33.3 Å². The SMILES string of the molecule is CNC(=O)[C@@H]1C[C@@H](O)C[N+]1(C)C1(c2ccc(OC)cc2OC)C(=O)Nc2ccc(Cl)cc21. The fourth-order valence-electron chi connectivity index (χ4n) is 5.44. The third-order valence-electron chi connectivity index (χ3n) is 6.84. The van der Waals surface area contributed by atoms with Crippen LogP contribution in [0.15, 0.2) is 36.4 Å². The van der Waals surface area contributed by atoms with E-state index in [-0.39, 0.29) is 29.3 Å². The summed E-state index contributed by atoms with van der Waals surface area (Å²) in [6.07, 6.45) is -0.543. The quantitative estimate of drug-likeness (QED) is 0.592. The molecule has 0 radical (unpaired) electrons. The van der Waals surface area contributed by atoms with Gasteiger partial charge in [-0.15, -0.1) is 0 Å². The fraction of sp³-hybridized carbons (Fsp3) is 0.391. The lowest BCUT2D eigenvalue weighted by Gasteiger charge is -2.48. The molecule has 0 aromatic heterocycles. The van der Waals surface area contributed by atoms with Gasteiger partial charge in [0, 0.05) is 24.6 Å².